The second kappa shape index (κ2) is 5.91. The van der Waals surface area contributed by atoms with E-state index in [1.165, 1.54) is 32.0 Å². The maximum absolute atomic E-state index is 10.6. The average Bonchev–Trinajstić information content (AvgIpc) is 2.81. The molecule has 0 unspecified atom stereocenters. The first-order chi connectivity index (χ1) is 8.65. The van der Waals surface area contributed by atoms with Gasteiger partial charge >= 0.3 is 5.97 Å². The number of carboxylic acid groups (broad SMARTS) is 1. The summed E-state index contributed by atoms with van der Waals surface area (Å²) in [7, 11) is 2.16. The highest BCUT2D eigenvalue weighted by molar-refractivity contribution is 5.84. The number of hydrogen-bond acceptors (Lipinski definition) is 4. The van der Waals surface area contributed by atoms with Crippen LogP contribution >= 0.6 is 0 Å². The number of carboxylic acids is 1. The lowest BCUT2D eigenvalue weighted by atomic mass is 9.94. The highest BCUT2D eigenvalue weighted by Gasteiger charge is 2.16. The van der Waals surface area contributed by atoms with E-state index in [4.69, 9.17) is 9.52 Å². The molecule has 1 aromatic rings. The Balaban J connectivity index is 1.70. The molecule has 1 saturated heterocycles. The van der Waals surface area contributed by atoms with Crippen LogP contribution in [0.5, 0.6) is 0 Å². The molecule has 0 atom stereocenters. The van der Waals surface area contributed by atoms with Crippen LogP contribution in [0.1, 0.15) is 29.8 Å². The quantitative estimate of drug-likeness (QED) is 0.840. The van der Waals surface area contributed by atoms with Gasteiger partial charge in [0, 0.05) is 12.6 Å². The standard InChI is InChI=1S/C13H20N2O3/c1-15-8-5-10(6-9-15)4-7-14-12-3-2-11(18-12)13(16)17/h2-3,10,14H,4-9H2,1H3,(H,16,17). The molecule has 1 aromatic heterocycles. The zero-order valence-corrected chi connectivity index (χ0v) is 10.7. The van der Waals surface area contributed by atoms with Crippen molar-refractivity contribution in [3.63, 3.8) is 0 Å². The predicted molar refractivity (Wildman–Crippen MR) is 69.0 cm³/mol. The molecule has 0 amide bonds. The van der Waals surface area contributed by atoms with Crippen molar-refractivity contribution in [2.45, 2.75) is 19.3 Å². The number of aromatic carboxylic acids is 1. The van der Waals surface area contributed by atoms with Gasteiger partial charge in [-0.2, -0.15) is 0 Å². The number of piperidine rings is 1. The fraction of sp³-hybridized carbons (Fsp3) is 0.615. The molecule has 0 bridgehead atoms. The molecule has 0 spiro atoms. The minimum Gasteiger partial charge on any atom is -0.475 e. The number of hydrogen-bond donors (Lipinski definition) is 2. The zero-order chi connectivity index (χ0) is 13.0. The first-order valence-electron chi connectivity index (χ1n) is 6.40. The molecular formula is C13H20N2O3. The van der Waals surface area contributed by atoms with E-state index in [-0.39, 0.29) is 5.76 Å². The van der Waals surface area contributed by atoms with Gasteiger partial charge in [0.05, 0.1) is 0 Å². The summed E-state index contributed by atoms with van der Waals surface area (Å²) in [6.07, 6.45) is 3.60. The normalized spacial score (nSPS) is 17.8. The lowest BCUT2D eigenvalue weighted by molar-refractivity contribution is 0.0663. The van der Waals surface area contributed by atoms with E-state index in [1.807, 2.05) is 0 Å². The van der Waals surface area contributed by atoms with E-state index in [1.54, 1.807) is 6.07 Å². The van der Waals surface area contributed by atoms with Crippen molar-refractivity contribution in [1.29, 1.82) is 0 Å². The van der Waals surface area contributed by atoms with Crippen LogP contribution in [0.25, 0.3) is 0 Å². The topological polar surface area (TPSA) is 65.7 Å². The fourth-order valence-corrected chi connectivity index (χ4v) is 2.30. The predicted octanol–water partition coefficient (Wildman–Crippen LogP) is 2.12. The largest absolute Gasteiger partial charge is 0.475 e. The van der Waals surface area contributed by atoms with Crippen LogP contribution in [0.15, 0.2) is 16.5 Å². The number of furan rings is 1. The molecule has 100 valence electrons. The molecule has 0 aliphatic carbocycles. The fourth-order valence-electron chi connectivity index (χ4n) is 2.30. The third kappa shape index (κ3) is 3.50. The summed E-state index contributed by atoms with van der Waals surface area (Å²) in [5.74, 6) is 0.262. The summed E-state index contributed by atoms with van der Waals surface area (Å²) in [4.78, 5) is 13.0. The lowest BCUT2D eigenvalue weighted by Gasteiger charge is -2.28. The van der Waals surface area contributed by atoms with Gasteiger partial charge in [-0.25, -0.2) is 4.79 Å². The monoisotopic (exact) mass is 252 g/mol. The number of carbonyl (C=O) groups is 1. The van der Waals surface area contributed by atoms with E-state index >= 15 is 0 Å². The molecule has 5 heteroatoms. The Morgan fingerprint density at radius 3 is 2.83 bits per heavy atom. The molecule has 0 saturated carbocycles. The van der Waals surface area contributed by atoms with Crippen LogP contribution in [-0.4, -0.2) is 42.7 Å². The first-order valence-corrected chi connectivity index (χ1v) is 6.40. The Hall–Kier alpha value is -1.49. The number of rotatable bonds is 5. The Bertz CT molecular complexity index is 395. The van der Waals surface area contributed by atoms with Crippen molar-refractivity contribution in [1.82, 2.24) is 4.90 Å². The third-order valence-electron chi connectivity index (χ3n) is 3.51. The molecule has 2 rings (SSSR count). The van der Waals surface area contributed by atoms with E-state index in [0.717, 1.165) is 18.9 Å². The Morgan fingerprint density at radius 1 is 1.50 bits per heavy atom. The molecular weight excluding hydrogens is 232 g/mol. The molecule has 2 N–H and O–H groups in total. The molecule has 18 heavy (non-hydrogen) atoms. The van der Waals surface area contributed by atoms with Crippen molar-refractivity contribution in [2.75, 3.05) is 32.0 Å². The molecule has 1 aliphatic rings. The van der Waals surface area contributed by atoms with Gasteiger partial charge in [0.15, 0.2) is 5.88 Å². The highest BCUT2D eigenvalue weighted by Crippen LogP contribution is 2.20. The van der Waals surface area contributed by atoms with Crippen LogP contribution in [-0.2, 0) is 0 Å². The molecule has 1 aliphatic heterocycles. The van der Waals surface area contributed by atoms with Gasteiger partial charge in [-0.3, -0.25) is 0 Å². The van der Waals surface area contributed by atoms with Crippen molar-refractivity contribution in [2.24, 2.45) is 5.92 Å². The summed E-state index contributed by atoms with van der Waals surface area (Å²) < 4.78 is 5.13. The second-order valence-electron chi connectivity index (χ2n) is 4.93. The van der Waals surface area contributed by atoms with Crippen LogP contribution < -0.4 is 5.32 Å². The van der Waals surface area contributed by atoms with Crippen molar-refractivity contribution in [3.05, 3.63) is 17.9 Å². The van der Waals surface area contributed by atoms with E-state index < -0.39 is 5.97 Å². The first kappa shape index (κ1) is 13.0. The zero-order valence-electron chi connectivity index (χ0n) is 10.7. The van der Waals surface area contributed by atoms with Crippen molar-refractivity contribution in [3.8, 4) is 0 Å². The molecule has 2 heterocycles. The van der Waals surface area contributed by atoms with Gasteiger partial charge < -0.3 is 19.7 Å². The number of anilines is 1. The number of nitrogens with zero attached hydrogens (tertiary/aromatic N) is 1. The molecule has 5 nitrogen and oxygen atoms in total. The van der Waals surface area contributed by atoms with Gasteiger partial charge in [-0.1, -0.05) is 0 Å². The van der Waals surface area contributed by atoms with Gasteiger partial charge in [-0.15, -0.1) is 0 Å². The summed E-state index contributed by atoms with van der Waals surface area (Å²) in [5, 5.41) is 11.9. The maximum atomic E-state index is 10.6. The van der Waals surface area contributed by atoms with E-state index in [9.17, 15) is 4.79 Å². The van der Waals surface area contributed by atoms with Crippen molar-refractivity contribution >= 4 is 11.9 Å². The van der Waals surface area contributed by atoms with Crippen LogP contribution in [0.2, 0.25) is 0 Å². The summed E-state index contributed by atoms with van der Waals surface area (Å²) in [5.41, 5.74) is 0. The second-order valence-corrected chi connectivity index (χ2v) is 4.93. The van der Waals surface area contributed by atoms with Gasteiger partial charge in [0.2, 0.25) is 5.76 Å². The minimum absolute atomic E-state index is 0.0169. The average molecular weight is 252 g/mol. The molecule has 1 fully saturated rings. The smallest absolute Gasteiger partial charge is 0.371 e. The summed E-state index contributed by atoms with van der Waals surface area (Å²) in [6.45, 7) is 3.18. The minimum atomic E-state index is -1.03. The van der Waals surface area contributed by atoms with Crippen molar-refractivity contribution < 1.29 is 14.3 Å². The summed E-state index contributed by atoms with van der Waals surface area (Å²) in [6, 6.07) is 3.14. The third-order valence-corrected chi connectivity index (χ3v) is 3.51. The Kier molecular flexibility index (Phi) is 4.25. The van der Waals surface area contributed by atoms with Crippen LogP contribution in [0.3, 0.4) is 0 Å². The number of likely N-dealkylation sites (tertiary alicyclic amines) is 1. The van der Waals surface area contributed by atoms with E-state index in [2.05, 4.69) is 17.3 Å². The Labute approximate surface area is 107 Å². The SMILES string of the molecule is CN1CCC(CCNc2ccc(C(=O)O)o2)CC1. The van der Waals surface area contributed by atoms with Gasteiger partial charge in [-0.05, 0) is 51.4 Å². The van der Waals surface area contributed by atoms with E-state index in [0.29, 0.717) is 5.88 Å². The van der Waals surface area contributed by atoms with Crippen LogP contribution in [0.4, 0.5) is 5.88 Å². The van der Waals surface area contributed by atoms with Crippen LogP contribution in [0, 0.1) is 5.92 Å². The van der Waals surface area contributed by atoms with Gasteiger partial charge in [0.1, 0.15) is 0 Å². The summed E-state index contributed by atoms with van der Waals surface area (Å²) >= 11 is 0. The highest BCUT2D eigenvalue weighted by atomic mass is 16.4. The van der Waals surface area contributed by atoms with Gasteiger partial charge in [0.25, 0.3) is 0 Å². The lowest BCUT2D eigenvalue weighted by Crippen LogP contribution is -2.30. The molecule has 0 radical (unpaired) electrons. The number of nitrogens with one attached hydrogen (secondary N) is 1. The maximum Gasteiger partial charge on any atom is 0.371 e. The molecule has 0 aromatic carbocycles. The Morgan fingerprint density at radius 2 is 2.22 bits per heavy atom.